The quantitative estimate of drug-likeness (QED) is 0.825. The molecule has 1 unspecified atom stereocenters. The first-order valence-corrected chi connectivity index (χ1v) is 6.16. The average Bonchev–Trinajstić information content (AvgIpc) is 2.58. The molecule has 1 amide bonds. The zero-order valence-electron chi connectivity index (χ0n) is 10.5. The monoisotopic (exact) mass is 236 g/mol. The molecular weight excluding hydrogens is 216 g/mol. The number of nitrogens with one attached hydrogen (secondary N) is 2. The number of aryl methyl sites for hydroxylation is 2. The predicted molar refractivity (Wildman–Crippen MR) is 66.8 cm³/mol. The topological polar surface area (TPSA) is 59.0 Å². The minimum atomic E-state index is 0.0849. The van der Waals surface area contributed by atoms with E-state index in [-0.39, 0.29) is 5.91 Å². The molecule has 1 atom stereocenters. The van der Waals surface area contributed by atoms with Crippen molar-refractivity contribution in [1.29, 1.82) is 0 Å². The molecule has 5 nitrogen and oxygen atoms in total. The summed E-state index contributed by atoms with van der Waals surface area (Å²) in [6.45, 7) is 3.96. The van der Waals surface area contributed by atoms with Crippen LogP contribution in [0.15, 0.2) is 6.07 Å². The van der Waals surface area contributed by atoms with Gasteiger partial charge in [-0.1, -0.05) is 0 Å². The Labute approximate surface area is 102 Å². The van der Waals surface area contributed by atoms with E-state index in [1.807, 2.05) is 20.0 Å². The normalized spacial score (nSPS) is 20.2. The summed E-state index contributed by atoms with van der Waals surface area (Å²) in [6, 6.07) is 1.89. The van der Waals surface area contributed by atoms with Gasteiger partial charge >= 0.3 is 0 Å². The Morgan fingerprint density at radius 2 is 2.53 bits per heavy atom. The lowest BCUT2D eigenvalue weighted by Gasteiger charge is -2.21. The molecule has 0 aromatic carbocycles. The summed E-state index contributed by atoms with van der Waals surface area (Å²) in [6.07, 6.45) is 2.91. The van der Waals surface area contributed by atoms with E-state index in [0.29, 0.717) is 12.3 Å². The van der Waals surface area contributed by atoms with Crippen molar-refractivity contribution in [1.82, 2.24) is 15.1 Å². The average molecular weight is 236 g/mol. The van der Waals surface area contributed by atoms with Crippen LogP contribution in [0, 0.1) is 12.8 Å². The smallest absolute Gasteiger partial charge is 0.225 e. The molecule has 0 radical (unpaired) electrons. The third-order valence-electron chi connectivity index (χ3n) is 3.14. The summed E-state index contributed by atoms with van der Waals surface area (Å²) in [5.41, 5.74) is 0.919. The molecule has 0 aliphatic carbocycles. The van der Waals surface area contributed by atoms with Crippen molar-refractivity contribution < 1.29 is 4.79 Å². The minimum Gasteiger partial charge on any atom is -0.316 e. The molecule has 2 rings (SSSR count). The van der Waals surface area contributed by atoms with E-state index in [0.717, 1.165) is 31.0 Å². The largest absolute Gasteiger partial charge is 0.316 e. The van der Waals surface area contributed by atoms with Crippen LogP contribution in [0.5, 0.6) is 0 Å². The minimum absolute atomic E-state index is 0.0849. The van der Waals surface area contributed by atoms with Crippen LogP contribution in [-0.4, -0.2) is 28.8 Å². The third-order valence-corrected chi connectivity index (χ3v) is 3.14. The van der Waals surface area contributed by atoms with E-state index in [1.165, 1.54) is 6.42 Å². The first kappa shape index (κ1) is 12.1. The summed E-state index contributed by atoms with van der Waals surface area (Å²) >= 11 is 0. The van der Waals surface area contributed by atoms with Crippen LogP contribution in [0.4, 0.5) is 5.82 Å². The van der Waals surface area contributed by atoms with Crippen molar-refractivity contribution in [3.8, 4) is 0 Å². The molecule has 17 heavy (non-hydrogen) atoms. The Bertz CT molecular complexity index is 393. The lowest BCUT2D eigenvalue weighted by molar-refractivity contribution is -0.117. The van der Waals surface area contributed by atoms with Gasteiger partial charge in [0.1, 0.15) is 5.82 Å². The van der Waals surface area contributed by atoms with Crippen LogP contribution in [0.25, 0.3) is 0 Å². The van der Waals surface area contributed by atoms with E-state index in [1.54, 1.807) is 4.68 Å². The van der Waals surface area contributed by atoms with E-state index in [4.69, 9.17) is 0 Å². The highest BCUT2D eigenvalue weighted by atomic mass is 16.1. The summed E-state index contributed by atoms with van der Waals surface area (Å²) in [7, 11) is 1.84. The number of carbonyl (C=O) groups excluding carboxylic acids is 1. The van der Waals surface area contributed by atoms with Crippen molar-refractivity contribution in [2.45, 2.75) is 26.2 Å². The van der Waals surface area contributed by atoms with Crippen LogP contribution < -0.4 is 10.6 Å². The van der Waals surface area contributed by atoms with E-state index < -0.39 is 0 Å². The van der Waals surface area contributed by atoms with Crippen LogP contribution in [0.1, 0.15) is 25.0 Å². The molecule has 0 spiro atoms. The van der Waals surface area contributed by atoms with E-state index in [2.05, 4.69) is 15.7 Å². The SMILES string of the molecule is Cc1cc(NC(=O)CC2CCCNC2)n(C)n1. The van der Waals surface area contributed by atoms with Crippen molar-refractivity contribution in [2.75, 3.05) is 18.4 Å². The second-order valence-corrected chi connectivity index (χ2v) is 4.76. The van der Waals surface area contributed by atoms with Crippen molar-refractivity contribution in [2.24, 2.45) is 13.0 Å². The Hall–Kier alpha value is -1.36. The number of hydrogen-bond donors (Lipinski definition) is 2. The van der Waals surface area contributed by atoms with Gasteiger partial charge < -0.3 is 10.6 Å². The molecule has 2 heterocycles. The number of amides is 1. The lowest BCUT2D eigenvalue weighted by atomic mass is 9.96. The molecule has 0 bridgehead atoms. The van der Waals surface area contributed by atoms with Gasteiger partial charge in [-0.25, -0.2) is 0 Å². The van der Waals surface area contributed by atoms with Gasteiger partial charge in [0.25, 0.3) is 0 Å². The van der Waals surface area contributed by atoms with Gasteiger partial charge in [0.15, 0.2) is 0 Å². The van der Waals surface area contributed by atoms with E-state index in [9.17, 15) is 4.79 Å². The molecular formula is C12H20N4O. The molecule has 1 aliphatic rings. The second-order valence-electron chi connectivity index (χ2n) is 4.76. The van der Waals surface area contributed by atoms with Gasteiger partial charge in [-0.05, 0) is 38.8 Å². The van der Waals surface area contributed by atoms with Gasteiger partial charge in [-0.2, -0.15) is 5.10 Å². The van der Waals surface area contributed by atoms with Crippen molar-refractivity contribution in [3.63, 3.8) is 0 Å². The summed E-state index contributed by atoms with van der Waals surface area (Å²) in [4.78, 5) is 11.9. The summed E-state index contributed by atoms with van der Waals surface area (Å²) in [5.74, 6) is 1.33. The zero-order valence-corrected chi connectivity index (χ0v) is 10.5. The van der Waals surface area contributed by atoms with Gasteiger partial charge in [0.2, 0.25) is 5.91 Å². The highest BCUT2D eigenvalue weighted by Gasteiger charge is 2.17. The molecule has 1 aromatic rings. The maximum absolute atomic E-state index is 11.9. The Morgan fingerprint density at radius 3 is 3.12 bits per heavy atom. The number of anilines is 1. The van der Waals surface area contributed by atoms with Crippen molar-refractivity contribution >= 4 is 11.7 Å². The third kappa shape index (κ3) is 3.30. The molecule has 1 fully saturated rings. The van der Waals surface area contributed by atoms with E-state index >= 15 is 0 Å². The van der Waals surface area contributed by atoms with Crippen molar-refractivity contribution in [3.05, 3.63) is 11.8 Å². The van der Waals surface area contributed by atoms with Gasteiger partial charge in [-0.3, -0.25) is 9.48 Å². The molecule has 94 valence electrons. The Kier molecular flexibility index (Phi) is 3.78. The lowest BCUT2D eigenvalue weighted by Crippen LogP contribution is -2.32. The fourth-order valence-electron chi connectivity index (χ4n) is 2.28. The number of piperidine rings is 1. The molecule has 1 aromatic heterocycles. The van der Waals surface area contributed by atoms with Gasteiger partial charge in [0, 0.05) is 19.5 Å². The number of rotatable bonds is 3. The van der Waals surface area contributed by atoms with Gasteiger partial charge in [0.05, 0.1) is 5.69 Å². The summed E-state index contributed by atoms with van der Waals surface area (Å²) in [5, 5.41) is 10.4. The van der Waals surface area contributed by atoms with Crippen LogP contribution in [0.2, 0.25) is 0 Å². The number of aromatic nitrogens is 2. The molecule has 0 saturated carbocycles. The van der Waals surface area contributed by atoms with Gasteiger partial charge in [-0.15, -0.1) is 0 Å². The Morgan fingerprint density at radius 1 is 1.71 bits per heavy atom. The standard InChI is InChI=1S/C12H20N4O/c1-9-6-11(16(2)15-9)14-12(17)7-10-4-3-5-13-8-10/h6,10,13H,3-5,7-8H2,1-2H3,(H,14,17). The maximum Gasteiger partial charge on any atom is 0.225 e. The predicted octanol–water partition coefficient (Wildman–Crippen LogP) is 1.06. The first-order chi connectivity index (χ1) is 8.15. The number of hydrogen-bond acceptors (Lipinski definition) is 3. The highest BCUT2D eigenvalue weighted by molar-refractivity contribution is 5.90. The number of nitrogens with zero attached hydrogens (tertiary/aromatic N) is 2. The first-order valence-electron chi connectivity index (χ1n) is 6.16. The molecule has 1 saturated heterocycles. The number of carbonyl (C=O) groups is 1. The fourth-order valence-corrected chi connectivity index (χ4v) is 2.28. The fraction of sp³-hybridized carbons (Fsp3) is 0.667. The zero-order chi connectivity index (χ0) is 12.3. The van der Waals surface area contributed by atoms with Crippen LogP contribution in [-0.2, 0) is 11.8 Å². The van der Waals surface area contributed by atoms with Crippen LogP contribution >= 0.6 is 0 Å². The molecule has 2 N–H and O–H groups in total. The van der Waals surface area contributed by atoms with Crippen LogP contribution in [0.3, 0.4) is 0 Å². The Balaban J connectivity index is 1.86. The molecule has 5 heteroatoms. The molecule has 1 aliphatic heterocycles. The highest BCUT2D eigenvalue weighted by Crippen LogP contribution is 2.15. The maximum atomic E-state index is 11.9. The second kappa shape index (κ2) is 5.31. The summed E-state index contributed by atoms with van der Waals surface area (Å²) < 4.78 is 1.70.